The van der Waals surface area contributed by atoms with Gasteiger partial charge < -0.3 is 14.6 Å². The molecule has 6 heteroatoms. The second-order valence-electron chi connectivity index (χ2n) is 2.34. The molecular formula is C7H6N4WY-2. The fourth-order valence-electron chi connectivity index (χ4n) is 0.958. The maximum atomic E-state index is 3.93. The Kier molecular flexibility index (Phi) is 5.42. The van der Waals surface area contributed by atoms with Gasteiger partial charge in [-0.2, -0.15) is 0 Å². The molecule has 65 valence electrons. The number of hydrogen-bond acceptors (Lipinski definition) is 3. The van der Waals surface area contributed by atoms with E-state index in [9.17, 15) is 0 Å². The van der Waals surface area contributed by atoms with Crippen molar-refractivity contribution >= 4 is 11.0 Å². The topological polar surface area (TPSA) is 43.6 Å². The first-order valence-corrected chi connectivity index (χ1v) is 3.24. The van der Waals surface area contributed by atoms with Crippen LogP contribution in [0.5, 0.6) is 0 Å². The third kappa shape index (κ3) is 2.42. The van der Waals surface area contributed by atoms with Crippen molar-refractivity contribution in [3.8, 4) is 0 Å². The molecule has 2 aromatic rings. The summed E-state index contributed by atoms with van der Waals surface area (Å²) in [6, 6.07) is 0. The fourth-order valence-corrected chi connectivity index (χ4v) is 0.958. The van der Waals surface area contributed by atoms with Crippen LogP contribution in [0.1, 0.15) is 5.69 Å². The molecule has 0 aromatic carbocycles. The summed E-state index contributed by atoms with van der Waals surface area (Å²) in [6.07, 6.45) is 5.37. The van der Waals surface area contributed by atoms with Gasteiger partial charge in [0.05, 0.1) is 0 Å². The number of nitrogens with zero attached hydrogens (tertiary/aromatic N) is 4. The van der Waals surface area contributed by atoms with E-state index >= 15 is 0 Å². The molecule has 0 unspecified atom stereocenters. The first kappa shape index (κ1) is 13.3. The number of rotatable bonds is 0. The zero-order valence-electron chi connectivity index (χ0n) is 7.27. The van der Waals surface area contributed by atoms with Crippen LogP contribution >= 0.6 is 0 Å². The Hall–Kier alpha value is 0.342. The van der Waals surface area contributed by atoms with Crippen LogP contribution in [0.4, 0.5) is 0 Å². The number of fused-ring (bicyclic) bond motifs is 1. The third-order valence-corrected chi connectivity index (χ3v) is 1.58. The van der Waals surface area contributed by atoms with Crippen LogP contribution in [-0.4, -0.2) is 19.7 Å². The van der Waals surface area contributed by atoms with Gasteiger partial charge in [-0.15, -0.1) is 5.39 Å². The van der Waals surface area contributed by atoms with Gasteiger partial charge in [0.15, 0.2) is 0 Å². The van der Waals surface area contributed by atoms with Gasteiger partial charge in [-0.05, 0) is 6.20 Å². The average Bonchev–Trinajstić information content (AvgIpc) is 2.35. The maximum absolute atomic E-state index is 3.93. The smallest absolute Gasteiger partial charge is 0.0335 e. The van der Waals surface area contributed by atoms with E-state index in [1.165, 1.54) is 0 Å². The van der Waals surface area contributed by atoms with E-state index in [0.717, 1.165) is 16.7 Å². The summed E-state index contributed by atoms with van der Waals surface area (Å²) in [6.45, 7) is 1.89. The molecule has 0 spiro atoms. The van der Waals surface area contributed by atoms with Crippen LogP contribution in [0.3, 0.4) is 0 Å². The van der Waals surface area contributed by atoms with Crippen molar-refractivity contribution in [2.45, 2.75) is 6.92 Å². The molecule has 1 radical (unpaired) electrons. The molecule has 0 bridgehead atoms. The summed E-state index contributed by atoms with van der Waals surface area (Å²) in [4.78, 5) is 7.83. The molecule has 0 saturated heterocycles. The number of hydrogen-bond donors (Lipinski definition) is 0. The monoisotopic (exact) mass is 419 g/mol. The van der Waals surface area contributed by atoms with E-state index in [-0.39, 0.29) is 53.8 Å². The van der Waals surface area contributed by atoms with E-state index in [4.69, 9.17) is 0 Å². The summed E-state index contributed by atoms with van der Waals surface area (Å²) in [5.41, 5.74) is 1.64. The normalized spacial score (nSPS) is 9.08. The molecule has 2 heterocycles. The Labute approximate surface area is 116 Å². The van der Waals surface area contributed by atoms with Gasteiger partial charge in [-0.3, -0.25) is 5.10 Å². The quantitative estimate of drug-likeness (QED) is 0.577. The summed E-state index contributed by atoms with van der Waals surface area (Å²) in [7, 11) is 1.82. The Morgan fingerprint density at radius 3 is 2.62 bits per heavy atom. The maximum Gasteiger partial charge on any atom is 0.0335 e. The summed E-state index contributed by atoms with van der Waals surface area (Å²) in [5, 5.41) is 4.79. The fraction of sp³-hybridized carbons (Fsp3) is 0.286. The van der Waals surface area contributed by atoms with Gasteiger partial charge in [-0.1, -0.05) is 12.6 Å². The molecule has 2 aromatic heterocycles. The molecule has 0 atom stereocenters. The van der Waals surface area contributed by atoms with Gasteiger partial charge in [-0.25, -0.2) is 0 Å². The van der Waals surface area contributed by atoms with Crippen molar-refractivity contribution in [1.29, 1.82) is 0 Å². The molecule has 0 amide bonds. The molecule has 0 saturated carbocycles. The summed E-state index contributed by atoms with van der Waals surface area (Å²) < 4.78 is 1.65. The van der Waals surface area contributed by atoms with Crippen molar-refractivity contribution in [2.24, 2.45) is 7.05 Å². The number of aromatic nitrogens is 4. The van der Waals surface area contributed by atoms with Crippen LogP contribution < -0.4 is 0 Å². The Morgan fingerprint density at radius 2 is 2.00 bits per heavy atom. The van der Waals surface area contributed by atoms with Gasteiger partial charge >= 0.3 is 0 Å². The molecule has 13 heavy (non-hydrogen) atoms. The van der Waals surface area contributed by atoms with Gasteiger partial charge in [0.1, 0.15) is 0 Å². The zero-order valence-corrected chi connectivity index (χ0v) is 13.0. The largest absolute Gasteiger partial charge is 0.371 e. The molecule has 0 aliphatic heterocycles. The minimum Gasteiger partial charge on any atom is -0.371 e. The van der Waals surface area contributed by atoms with Crippen molar-refractivity contribution < 1.29 is 53.8 Å². The predicted octanol–water partition coefficient (Wildman–Crippen LogP) is 0.267. The van der Waals surface area contributed by atoms with Crippen LogP contribution in [0.2, 0.25) is 0 Å². The molecule has 0 fully saturated rings. The zero-order chi connectivity index (χ0) is 7.84. The number of aryl methyl sites for hydroxylation is 2. The predicted molar refractivity (Wildman–Crippen MR) is 38.7 cm³/mol. The molecule has 2 rings (SSSR count). The minimum atomic E-state index is 0. The Balaban J connectivity index is 0.000000720. The molecule has 0 aliphatic rings. The average molecular weight is 419 g/mol. The minimum absolute atomic E-state index is 0. The van der Waals surface area contributed by atoms with Gasteiger partial charge in [0.2, 0.25) is 0 Å². The Morgan fingerprint density at radius 1 is 1.31 bits per heavy atom. The summed E-state index contributed by atoms with van der Waals surface area (Å²) >= 11 is 0. The van der Waals surface area contributed by atoms with Crippen molar-refractivity contribution in [3.05, 3.63) is 18.2 Å². The van der Waals surface area contributed by atoms with Crippen LogP contribution in [-0.2, 0) is 60.8 Å². The second-order valence-corrected chi connectivity index (χ2v) is 2.34. The SMILES string of the molecule is Cc1n[c-]nc2c1[c-]nn2C.[W].[Y]. The second kappa shape index (κ2) is 5.28. The van der Waals surface area contributed by atoms with Crippen LogP contribution in [0.15, 0.2) is 0 Å². The first-order chi connectivity index (χ1) is 5.29. The standard InChI is InChI=1S/C7H6N4.W.Y/c1-5-6-3-10-11(2)7(6)9-4-8-5;;/h1-2H3;;/q-2;;. The third-order valence-electron chi connectivity index (χ3n) is 1.58. The molecule has 0 N–H and O–H groups in total. The van der Waals surface area contributed by atoms with E-state index in [1.54, 1.807) is 4.68 Å². The van der Waals surface area contributed by atoms with E-state index in [1.807, 2.05) is 14.0 Å². The van der Waals surface area contributed by atoms with Crippen LogP contribution in [0, 0.1) is 19.4 Å². The Bertz CT molecular complexity index is 400. The van der Waals surface area contributed by atoms with Gasteiger partial charge in [0, 0.05) is 72.8 Å². The van der Waals surface area contributed by atoms with E-state index < -0.39 is 0 Å². The van der Waals surface area contributed by atoms with Crippen LogP contribution in [0.25, 0.3) is 11.0 Å². The van der Waals surface area contributed by atoms with Gasteiger partial charge in [0.25, 0.3) is 0 Å². The van der Waals surface area contributed by atoms with E-state index in [2.05, 4.69) is 27.6 Å². The first-order valence-electron chi connectivity index (χ1n) is 3.24. The van der Waals surface area contributed by atoms with E-state index in [0.29, 0.717) is 0 Å². The molecule has 4 nitrogen and oxygen atoms in total. The van der Waals surface area contributed by atoms with Crippen molar-refractivity contribution in [1.82, 2.24) is 19.7 Å². The molecular weight excluding hydrogens is 413 g/mol. The molecule has 0 aliphatic carbocycles. The summed E-state index contributed by atoms with van der Waals surface area (Å²) in [5.74, 6) is 0. The van der Waals surface area contributed by atoms with Crippen molar-refractivity contribution in [3.63, 3.8) is 0 Å². The van der Waals surface area contributed by atoms with Crippen molar-refractivity contribution in [2.75, 3.05) is 0 Å².